The number of hydrogen-bond acceptors (Lipinski definition) is 7. The molecule has 1 atom stereocenters. The minimum atomic E-state index is -1.13. The maximum atomic E-state index is 13.5. The molecule has 0 radical (unpaired) electrons. The molecule has 28 heavy (non-hydrogen) atoms. The highest BCUT2D eigenvalue weighted by Gasteiger charge is 2.20. The zero-order valence-electron chi connectivity index (χ0n) is 15.0. The number of benzene rings is 2. The third-order valence-corrected chi connectivity index (χ3v) is 4.54. The SMILES string of the molecule is COc1cc([N+](=O)[O-])ccc1NC(=O)[C@H](C)OC(=O)CSc1ccccc1F. The molecule has 1 N–H and O–H groups in total. The van der Waals surface area contributed by atoms with Crippen LogP contribution in [-0.2, 0) is 14.3 Å². The van der Waals surface area contributed by atoms with Crippen molar-refractivity contribution in [2.45, 2.75) is 17.9 Å². The van der Waals surface area contributed by atoms with Crippen LogP contribution in [0, 0.1) is 15.9 Å². The van der Waals surface area contributed by atoms with Crippen molar-refractivity contribution in [3.05, 3.63) is 58.4 Å². The van der Waals surface area contributed by atoms with Crippen molar-refractivity contribution >= 4 is 35.0 Å². The van der Waals surface area contributed by atoms with Crippen LogP contribution in [0.15, 0.2) is 47.4 Å². The Labute approximate surface area is 164 Å². The Kier molecular flexibility index (Phi) is 7.33. The molecule has 0 saturated carbocycles. The molecule has 0 aliphatic rings. The van der Waals surface area contributed by atoms with Crippen LogP contribution in [0.25, 0.3) is 0 Å². The lowest BCUT2D eigenvalue weighted by atomic mass is 10.2. The van der Waals surface area contributed by atoms with Gasteiger partial charge in [-0.3, -0.25) is 19.7 Å². The number of nitro benzene ring substituents is 1. The molecular formula is C18H17FN2O6S. The minimum absolute atomic E-state index is 0.0937. The van der Waals surface area contributed by atoms with Gasteiger partial charge in [-0.05, 0) is 25.1 Å². The molecule has 0 bridgehead atoms. The van der Waals surface area contributed by atoms with Gasteiger partial charge in [-0.1, -0.05) is 12.1 Å². The molecule has 0 heterocycles. The molecule has 1 amide bonds. The molecule has 0 fully saturated rings. The molecular weight excluding hydrogens is 391 g/mol. The Hall–Kier alpha value is -3.14. The van der Waals surface area contributed by atoms with Crippen molar-refractivity contribution in [3.8, 4) is 5.75 Å². The minimum Gasteiger partial charge on any atom is -0.494 e. The summed E-state index contributed by atoms with van der Waals surface area (Å²) in [5, 5.41) is 13.3. The van der Waals surface area contributed by atoms with E-state index in [0.717, 1.165) is 17.8 Å². The first kappa shape index (κ1) is 21.2. The Balaban J connectivity index is 1.92. The third-order valence-electron chi connectivity index (χ3n) is 3.51. The van der Waals surface area contributed by atoms with E-state index in [1.165, 1.54) is 44.4 Å². The van der Waals surface area contributed by atoms with Crippen molar-refractivity contribution in [3.63, 3.8) is 0 Å². The lowest BCUT2D eigenvalue weighted by molar-refractivity contribution is -0.384. The van der Waals surface area contributed by atoms with Gasteiger partial charge in [0, 0.05) is 11.0 Å². The van der Waals surface area contributed by atoms with Gasteiger partial charge >= 0.3 is 5.97 Å². The first-order valence-electron chi connectivity index (χ1n) is 8.02. The summed E-state index contributed by atoms with van der Waals surface area (Å²) in [4.78, 5) is 34.6. The number of amides is 1. The molecule has 8 nitrogen and oxygen atoms in total. The monoisotopic (exact) mass is 408 g/mol. The molecule has 0 unspecified atom stereocenters. The molecule has 2 aromatic rings. The van der Waals surface area contributed by atoms with Gasteiger partial charge in [0.25, 0.3) is 11.6 Å². The predicted molar refractivity (Wildman–Crippen MR) is 101 cm³/mol. The number of ether oxygens (including phenoxy) is 2. The maximum absolute atomic E-state index is 13.5. The van der Waals surface area contributed by atoms with E-state index in [4.69, 9.17) is 9.47 Å². The lowest BCUT2D eigenvalue weighted by Gasteiger charge is -2.15. The number of methoxy groups -OCH3 is 1. The smallest absolute Gasteiger partial charge is 0.317 e. The Morgan fingerprint density at radius 1 is 1.29 bits per heavy atom. The standard InChI is InChI=1S/C18H17FN2O6S/c1-11(27-17(22)10-28-16-6-4-3-5-13(16)19)18(23)20-14-8-7-12(21(24)25)9-15(14)26-2/h3-9,11H,10H2,1-2H3,(H,20,23)/t11-/m0/s1. The molecule has 10 heteroatoms. The molecule has 2 rings (SSSR count). The molecule has 148 valence electrons. The predicted octanol–water partition coefficient (Wildman–Crippen LogP) is 3.41. The normalized spacial score (nSPS) is 11.4. The number of nitrogens with one attached hydrogen (secondary N) is 1. The summed E-state index contributed by atoms with van der Waals surface area (Å²) < 4.78 is 23.6. The zero-order valence-corrected chi connectivity index (χ0v) is 15.8. The first-order chi connectivity index (χ1) is 13.3. The second kappa shape index (κ2) is 9.70. The summed E-state index contributed by atoms with van der Waals surface area (Å²) in [5.74, 6) is -1.85. The summed E-state index contributed by atoms with van der Waals surface area (Å²) in [6.45, 7) is 1.37. The van der Waals surface area contributed by atoms with Crippen molar-refractivity contribution in [1.29, 1.82) is 0 Å². The molecule has 0 aliphatic heterocycles. The van der Waals surface area contributed by atoms with E-state index in [2.05, 4.69) is 5.32 Å². The van der Waals surface area contributed by atoms with E-state index in [1.807, 2.05) is 0 Å². The molecule has 2 aromatic carbocycles. The van der Waals surface area contributed by atoms with Crippen LogP contribution in [0.4, 0.5) is 15.8 Å². The topological polar surface area (TPSA) is 108 Å². The zero-order chi connectivity index (χ0) is 20.7. The van der Waals surface area contributed by atoms with Gasteiger partial charge in [0.2, 0.25) is 0 Å². The number of nitro groups is 1. The summed E-state index contributed by atoms with van der Waals surface area (Å²) >= 11 is 0.958. The van der Waals surface area contributed by atoms with Gasteiger partial charge in [-0.2, -0.15) is 0 Å². The van der Waals surface area contributed by atoms with Crippen molar-refractivity contribution in [2.75, 3.05) is 18.2 Å². The van der Waals surface area contributed by atoms with E-state index in [-0.39, 0.29) is 22.9 Å². The number of nitrogens with zero attached hydrogens (tertiary/aromatic N) is 1. The fourth-order valence-corrected chi connectivity index (χ4v) is 2.84. The Morgan fingerprint density at radius 3 is 2.64 bits per heavy atom. The van der Waals surface area contributed by atoms with Gasteiger partial charge in [-0.25, -0.2) is 4.39 Å². The maximum Gasteiger partial charge on any atom is 0.317 e. The number of thioether (sulfide) groups is 1. The van der Waals surface area contributed by atoms with E-state index >= 15 is 0 Å². The largest absolute Gasteiger partial charge is 0.494 e. The van der Waals surface area contributed by atoms with Gasteiger partial charge in [0.15, 0.2) is 6.10 Å². The van der Waals surface area contributed by atoms with E-state index < -0.39 is 28.7 Å². The number of esters is 1. The van der Waals surface area contributed by atoms with Crippen LogP contribution in [0.2, 0.25) is 0 Å². The number of hydrogen-bond donors (Lipinski definition) is 1. The summed E-state index contributed by atoms with van der Waals surface area (Å²) in [6, 6.07) is 9.68. The number of non-ortho nitro benzene ring substituents is 1. The first-order valence-corrected chi connectivity index (χ1v) is 9.00. The fraction of sp³-hybridized carbons (Fsp3) is 0.222. The van der Waals surface area contributed by atoms with Gasteiger partial charge in [0.1, 0.15) is 11.6 Å². The Morgan fingerprint density at radius 2 is 2.00 bits per heavy atom. The molecule has 0 spiro atoms. The Bertz CT molecular complexity index is 892. The summed E-state index contributed by atoms with van der Waals surface area (Å²) in [7, 11) is 1.30. The second-order valence-electron chi connectivity index (χ2n) is 5.48. The number of carbonyl (C=O) groups excluding carboxylic acids is 2. The van der Waals surface area contributed by atoms with Crippen molar-refractivity contribution < 1.29 is 28.4 Å². The van der Waals surface area contributed by atoms with Gasteiger partial charge in [0.05, 0.1) is 29.5 Å². The lowest BCUT2D eigenvalue weighted by Crippen LogP contribution is -2.30. The highest BCUT2D eigenvalue weighted by Crippen LogP contribution is 2.29. The summed E-state index contributed by atoms with van der Waals surface area (Å²) in [6.07, 6.45) is -1.13. The van der Waals surface area contributed by atoms with Crippen LogP contribution in [0.1, 0.15) is 6.92 Å². The van der Waals surface area contributed by atoms with Crippen molar-refractivity contribution in [2.24, 2.45) is 0 Å². The molecule has 0 aromatic heterocycles. The van der Waals surface area contributed by atoms with Gasteiger partial charge < -0.3 is 14.8 Å². The fourth-order valence-electron chi connectivity index (χ4n) is 2.11. The quantitative estimate of drug-likeness (QED) is 0.309. The van der Waals surface area contributed by atoms with E-state index in [1.54, 1.807) is 6.07 Å². The van der Waals surface area contributed by atoms with E-state index in [9.17, 15) is 24.1 Å². The van der Waals surface area contributed by atoms with Gasteiger partial charge in [-0.15, -0.1) is 11.8 Å². The summed E-state index contributed by atoms with van der Waals surface area (Å²) in [5.41, 5.74) is 0.00113. The number of halogens is 1. The van der Waals surface area contributed by atoms with Crippen LogP contribution in [0.3, 0.4) is 0 Å². The van der Waals surface area contributed by atoms with Crippen LogP contribution >= 0.6 is 11.8 Å². The third kappa shape index (κ3) is 5.68. The average Bonchev–Trinajstić information content (AvgIpc) is 2.67. The van der Waals surface area contributed by atoms with Crippen molar-refractivity contribution in [1.82, 2.24) is 0 Å². The van der Waals surface area contributed by atoms with Crippen LogP contribution < -0.4 is 10.1 Å². The van der Waals surface area contributed by atoms with Crippen LogP contribution in [-0.4, -0.2) is 35.8 Å². The number of anilines is 1. The average molecular weight is 408 g/mol. The number of carbonyl (C=O) groups is 2. The molecule has 0 aliphatic carbocycles. The highest BCUT2D eigenvalue weighted by atomic mass is 32.2. The highest BCUT2D eigenvalue weighted by molar-refractivity contribution is 8.00. The van der Waals surface area contributed by atoms with E-state index in [0.29, 0.717) is 4.90 Å². The number of rotatable bonds is 8. The second-order valence-corrected chi connectivity index (χ2v) is 6.50. The van der Waals surface area contributed by atoms with Crippen LogP contribution in [0.5, 0.6) is 5.75 Å². The molecule has 0 saturated heterocycles.